The summed E-state index contributed by atoms with van der Waals surface area (Å²) in [5, 5.41) is 0. The molecule has 4 heteroatoms. The lowest BCUT2D eigenvalue weighted by atomic mass is 9.98. The minimum atomic E-state index is -0.329. The Bertz CT molecular complexity index is 580. The van der Waals surface area contributed by atoms with Crippen LogP contribution in [-0.4, -0.2) is 49.3 Å². The topological polar surface area (TPSA) is 38.8 Å². The van der Waals surface area contributed by atoms with Gasteiger partial charge in [-0.05, 0) is 57.2 Å². The van der Waals surface area contributed by atoms with Crippen molar-refractivity contribution in [2.24, 2.45) is 5.92 Å². The van der Waals surface area contributed by atoms with Crippen molar-refractivity contribution in [3.05, 3.63) is 11.6 Å². The average molecular weight is 476 g/mol. The number of hydrogen-bond donors (Lipinski definition) is 0. The smallest absolute Gasteiger partial charge is 0.189 e. The first-order chi connectivity index (χ1) is 16.8. The number of likely N-dealkylation sites (tertiary alicyclic amines) is 1. The molecule has 1 aliphatic carbocycles. The van der Waals surface area contributed by atoms with Crippen molar-refractivity contribution < 1.29 is 14.3 Å². The standard InChI is InChI=1S/C30H53NO3/c1-2-3-4-5-6-7-8-9-10-11-12-13-14-18-23-33-28-24-27(25-31-21-16-15-17-22-31)29(32)30(34-28)26-19-20-26/h24,26,28,30H,2-23,25H2,1H3. The molecule has 0 aromatic carbocycles. The lowest BCUT2D eigenvalue weighted by Gasteiger charge is -2.32. The number of ketones is 1. The SMILES string of the molecule is CCCCCCCCCCCCCCCCOC1C=C(CN2CCCCC2)C(=O)C(C2CC2)O1. The molecule has 4 nitrogen and oxygen atoms in total. The van der Waals surface area contributed by atoms with Crippen LogP contribution in [0.3, 0.4) is 0 Å². The zero-order chi connectivity index (χ0) is 23.8. The van der Waals surface area contributed by atoms with Gasteiger partial charge in [-0.2, -0.15) is 0 Å². The number of nitrogens with zero attached hydrogens (tertiary/aromatic N) is 1. The van der Waals surface area contributed by atoms with Crippen LogP contribution in [0.5, 0.6) is 0 Å². The molecule has 2 unspecified atom stereocenters. The maximum Gasteiger partial charge on any atom is 0.189 e. The van der Waals surface area contributed by atoms with Gasteiger partial charge in [0, 0.05) is 12.1 Å². The predicted octanol–water partition coefficient (Wildman–Crippen LogP) is 7.60. The van der Waals surface area contributed by atoms with Gasteiger partial charge < -0.3 is 9.47 Å². The third-order valence-electron chi connectivity index (χ3n) is 7.87. The fourth-order valence-electron chi connectivity index (χ4n) is 5.47. The highest BCUT2D eigenvalue weighted by atomic mass is 16.7. The quantitative estimate of drug-likeness (QED) is 0.180. The fraction of sp³-hybridized carbons (Fsp3) is 0.900. The molecular formula is C30H53NO3. The van der Waals surface area contributed by atoms with E-state index in [2.05, 4.69) is 11.8 Å². The molecule has 34 heavy (non-hydrogen) atoms. The van der Waals surface area contributed by atoms with Gasteiger partial charge in [0.25, 0.3) is 0 Å². The van der Waals surface area contributed by atoms with Gasteiger partial charge in [-0.3, -0.25) is 9.69 Å². The predicted molar refractivity (Wildman–Crippen MR) is 141 cm³/mol. The summed E-state index contributed by atoms with van der Waals surface area (Å²) < 4.78 is 12.2. The van der Waals surface area contributed by atoms with Crippen LogP contribution >= 0.6 is 0 Å². The second-order valence-electron chi connectivity index (χ2n) is 11.1. The van der Waals surface area contributed by atoms with Crippen LogP contribution in [0.2, 0.25) is 0 Å². The molecule has 0 radical (unpaired) electrons. The zero-order valence-corrected chi connectivity index (χ0v) is 22.2. The van der Waals surface area contributed by atoms with E-state index in [1.54, 1.807) is 0 Å². The molecule has 1 saturated heterocycles. The molecule has 2 atom stereocenters. The summed E-state index contributed by atoms with van der Waals surface area (Å²) in [5.74, 6) is 0.647. The summed E-state index contributed by atoms with van der Waals surface area (Å²) in [4.78, 5) is 15.4. The Labute approximate surface area is 210 Å². The van der Waals surface area contributed by atoms with Crippen LogP contribution in [0.15, 0.2) is 11.6 Å². The largest absolute Gasteiger partial charge is 0.349 e. The molecule has 0 aromatic heterocycles. The highest BCUT2D eigenvalue weighted by Gasteiger charge is 2.42. The van der Waals surface area contributed by atoms with Crippen LogP contribution in [-0.2, 0) is 14.3 Å². The van der Waals surface area contributed by atoms with Crippen LogP contribution in [0, 0.1) is 5.92 Å². The molecule has 3 aliphatic rings. The van der Waals surface area contributed by atoms with Gasteiger partial charge in [-0.1, -0.05) is 96.8 Å². The first kappa shape index (κ1) is 27.9. The van der Waals surface area contributed by atoms with Gasteiger partial charge in [-0.15, -0.1) is 0 Å². The molecule has 2 heterocycles. The number of Topliss-reactive ketones (excluding diaryl/α,β-unsaturated/α-hetero) is 1. The molecule has 1 saturated carbocycles. The lowest BCUT2D eigenvalue weighted by molar-refractivity contribution is -0.168. The first-order valence-electron chi connectivity index (χ1n) is 15.0. The Morgan fingerprint density at radius 2 is 1.38 bits per heavy atom. The molecule has 196 valence electrons. The second kappa shape index (κ2) is 16.9. The van der Waals surface area contributed by atoms with Crippen LogP contribution in [0.25, 0.3) is 0 Å². The van der Waals surface area contributed by atoms with E-state index in [-0.39, 0.29) is 18.2 Å². The molecule has 0 bridgehead atoms. The molecule has 0 amide bonds. The van der Waals surface area contributed by atoms with Crippen molar-refractivity contribution in [3.8, 4) is 0 Å². The Balaban J connectivity index is 1.21. The van der Waals surface area contributed by atoms with E-state index < -0.39 is 0 Å². The van der Waals surface area contributed by atoms with E-state index in [1.807, 2.05) is 6.08 Å². The monoisotopic (exact) mass is 475 g/mol. The third kappa shape index (κ3) is 10.9. The maximum absolute atomic E-state index is 13.0. The van der Waals surface area contributed by atoms with Crippen molar-refractivity contribution in [1.82, 2.24) is 4.90 Å². The van der Waals surface area contributed by atoms with Gasteiger partial charge in [0.1, 0.15) is 6.10 Å². The number of hydrogen-bond acceptors (Lipinski definition) is 4. The van der Waals surface area contributed by atoms with Crippen molar-refractivity contribution in [3.63, 3.8) is 0 Å². The minimum absolute atomic E-state index is 0.226. The summed E-state index contributed by atoms with van der Waals surface area (Å²) in [5.41, 5.74) is 0.941. The highest BCUT2D eigenvalue weighted by Crippen LogP contribution is 2.38. The second-order valence-corrected chi connectivity index (χ2v) is 11.1. The first-order valence-corrected chi connectivity index (χ1v) is 15.0. The Morgan fingerprint density at radius 1 is 0.824 bits per heavy atom. The van der Waals surface area contributed by atoms with Crippen LogP contribution in [0.1, 0.15) is 129 Å². The van der Waals surface area contributed by atoms with E-state index in [1.165, 1.54) is 103 Å². The highest BCUT2D eigenvalue weighted by molar-refractivity contribution is 6.00. The Hall–Kier alpha value is -0.710. The summed E-state index contributed by atoms with van der Waals surface area (Å²) in [6.07, 6.45) is 26.6. The number of unbranched alkanes of at least 4 members (excludes halogenated alkanes) is 13. The molecule has 0 N–H and O–H groups in total. The maximum atomic E-state index is 13.0. The lowest BCUT2D eigenvalue weighted by Crippen LogP contribution is -2.42. The van der Waals surface area contributed by atoms with Crippen molar-refractivity contribution in [2.75, 3.05) is 26.2 Å². The van der Waals surface area contributed by atoms with Gasteiger partial charge in [0.2, 0.25) is 0 Å². The minimum Gasteiger partial charge on any atom is -0.349 e. The summed E-state index contributed by atoms with van der Waals surface area (Å²) in [7, 11) is 0. The molecule has 2 fully saturated rings. The number of rotatable bonds is 19. The van der Waals surface area contributed by atoms with Gasteiger partial charge in [0.15, 0.2) is 12.1 Å². The van der Waals surface area contributed by atoms with Crippen molar-refractivity contribution in [2.45, 2.75) is 141 Å². The van der Waals surface area contributed by atoms with Gasteiger partial charge >= 0.3 is 0 Å². The number of ether oxygens (including phenoxy) is 2. The molecule has 3 rings (SSSR count). The number of carbonyl (C=O) groups excluding carboxylic acids is 1. The van der Waals surface area contributed by atoms with E-state index in [0.717, 1.165) is 51.1 Å². The summed E-state index contributed by atoms with van der Waals surface area (Å²) in [6, 6.07) is 0. The number of carbonyl (C=O) groups is 1. The number of piperidine rings is 1. The summed E-state index contributed by atoms with van der Waals surface area (Å²) >= 11 is 0. The molecular weight excluding hydrogens is 422 g/mol. The van der Waals surface area contributed by atoms with Crippen molar-refractivity contribution in [1.29, 1.82) is 0 Å². The average Bonchev–Trinajstić information content (AvgIpc) is 3.69. The van der Waals surface area contributed by atoms with E-state index >= 15 is 0 Å². The molecule has 0 aromatic rings. The van der Waals surface area contributed by atoms with E-state index in [4.69, 9.17) is 9.47 Å². The van der Waals surface area contributed by atoms with Gasteiger partial charge in [0.05, 0.1) is 6.61 Å². The Morgan fingerprint density at radius 3 is 1.94 bits per heavy atom. The fourth-order valence-corrected chi connectivity index (χ4v) is 5.47. The summed E-state index contributed by atoms with van der Waals surface area (Å²) in [6.45, 7) is 6.04. The third-order valence-corrected chi connectivity index (χ3v) is 7.87. The molecule has 2 aliphatic heterocycles. The Kier molecular flexibility index (Phi) is 13.8. The van der Waals surface area contributed by atoms with E-state index in [0.29, 0.717) is 5.92 Å². The van der Waals surface area contributed by atoms with Crippen LogP contribution < -0.4 is 0 Å². The van der Waals surface area contributed by atoms with Gasteiger partial charge in [-0.25, -0.2) is 0 Å². The van der Waals surface area contributed by atoms with E-state index in [9.17, 15) is 4.79 Å². The van der Waals surface area contributed by atoms with Crippen LogP contribution in [0.4, 0.5) is 0 Å². The normalized spacial score (nSPS) is 23.9. The molecule has 0 spiro atoms. The van der Waals surface area contributed by atoms with Crippen molar-refractivity contribution >= 4 is 5.78 Å². The zero-order valence-electron chi connectivity index (χ0n) is 22.2.